The number of nitrogens with one attached hydrogen (secondary N) is 3. The number of nitrogens with zero attached hydrogens (tertiary/aromatic N) is 1. The predicted octanol–water partition coefficient (Wildman–Crippen LogP) is 3.24. The standard InChI is InChI=1S/C19H32N4O2S.HI/c1-20-19(22-13-7-11-16-8-4-3-5-9-16)23-15-17-10-6-12-18(14-17)26(24,25)21-2;/h6,10,12,14,16,21H,3-5,7-9,11,13,15H2,1-2H3,(H2,20,22,23);1H. The zero-order chi connectivity index (χ0) is 18.8. The molecule has 1 fully saturated rings. The van der Waals surface area contributed by atoms with Gasteiger partial charge in [0, 0.05) is 20.1 Å². The fourth-order valence-corrected chi connectivity index (χ4v) is 4.22. The van der Waals surface area contributed by atoms with Gasteiger partial charge in [-0.15, -0.1) is 24.0 Å². The van der Waals surface area contributed by atoms with E-state index in [9.17, 15) is 8.42 Å². The van der Waals surface area contributed by atoms with Gasteiger partial charge in [0.25, 0.3) is 0 Å². The smallest absolute Gasteiger partial charge is 0.240 e. The Morgan fingerprint density at radius 2 is 1.93 bits per heavy atom. The molecule has 1 aliphatic carbocycles. The highest BCUT2D eigenvalue weighted by atomic mass is 127. The van der Waals surface area contributed by atoms with E-state index < -0.39 is 10.0 Å². The molecule has 6 nitrogen and oxygen atoms in total. The van der Waals surface area contributed by atoms with Crippen molar-refractivity contribution in [1.29, 1.82) is 0 Å². The van der Waals surface area contributed by atoms with Crippen molar-refractivity contribution in [2.75, 3.05) is 20.6 Å². The molecule has 154 valence electrons. The minimum Gasteiger partial charge on any atom is -0.356 e. The topological polar surface area (TPSA) is 82.6 Å². The lowest BCUT2D eigenvalue weighted by molar-refractivity contribution is 0.332. The molecule has 0 heterocycles. The van der Waals surface area contributed by atoms with Crippen molar-refractivity contribution >= 4 is 40.0 Å². The number of rotatable bonds is 8. The Kier molecular flexibility index (Phi) is 11.2. The van der Waals surface area contributed by atoms with E-state index in [4.69, 9.17) is 0 Å². The maximum absolute atomic E-state index is 11.9. The van der Waals surface area contributed by atoms with Crippen LogP contribution >= 0.6 is 24.0 Å². The number of benzene rings is 1. The average molecular weight is 508 g/mol. The molecule has 1 aliphatic rings. The molecule has 8 heteroatoms. The molecular formula is C19H33IN4O2S. The first-order valence-electron chi connectivity index (χ1n) is 9.52. The van der Waals surface area contributed by atoms with Crippen LogP contribution in [0.4, 0.5) is 0 Å². The van der Waals surface area contributed by atoms with Crippen LogP contribution in [0, 0.1) is 5.92 Å². The Bertz CT molecular complexity index is 689. The van der Waals surface area contributed by atoms with E-state index in [-0.39, 0.29) is 28.9 Å². The zero-order valence-electron chi connectivity index (χ0n) is 16.3. The van der Waals surface area contributed by atoms with Gasteiger partial charge >= 0.3 is 0 Å². The van der Waals surface area contributed by atoms with Gasteiger partial charge in [-0.05, 0) is 43.5 Å². The maximum atomic E-state index is 11.9. The zero-order valence-corrected chi connectivity index (χ0v) is 19.5. The van der Waals surface area contributed by atoms with Gasteiger partial charge in [-0.3, -0.25) is 4.99 Å². The third-order valence-corrected chi connectivity index (χ3v) is 6.38. The Hall–Kier alpha value is -0.870. The largest absolute Gasteiger partial charge is 0.356 e. The first-order valence-corrected chi connectivity index (χ1v) is 11.0. The van der Waals surface area contributed by atoms with Crippen LogP contribution in [0.2, 0.25) is 0 Å². The number of aliphatic imine (C=N–C) groups is 1. The molecule has 0 atom stereocenters. The summed E-state index contributed by atoms with van der Waals surface area (Å²) in [5.41, 5.74) is 0.895. The molecule has 27 heavy (non-hydrogen) atoms. The molecule has 2 rings (SSSR count). The van der Waals surface area contributed by atoms with Gasteiger partial charge in [0.2, 0.25) is 10.0 Å². The number of halogens is 1. The molecule has 0 amide bonds. The van der Waals surface area contributed by atoms with Gasteiger partial charge in [-0.25, -0.2) is 13.1 Å². The minimum absolute atomic E-state index is 0. The second-order valence-electron chi connectivity index (χ2n) is 6.85. The van der Waals surface area contributed by atoms with Gasteiger partial charge in [0.1, 0.15) is 0 Å². The average Bonchev–Trinajstić information content (AvgIpc) is 2.68. The summed E-state index contributed by atoms with van der Waals surface area (Å²) in [5.74, 6) is 1.65. The molecule has 0 bridgehead atoms. The SMILES string of the molecule is CN=C(NCCCC1CCCCC1)NCc1cccc(S(=O)(=O)NC)c1.I. The predicted molar refractivity (Wildman–Crippen MR) is 122 cm³/mol. The summed E-state index contributed by atoms with van der Waals surface area (Å²) in [6.07, 6.45) is 9.41. The molecule has 0 aliphatic heterocycles. The van der Waals surface area contributed by atoms with E-state index in [0.29, 0.717) is 6.54 Å². The third-order valence-electron chi connectivity index (χ3n) is 4.97. The monoisotopic (exact) mass is 508 g/mol. The molecule has 0 aromatic heterocycles. The van der Waals surface area contributed by atoms with Crippen LogP contribution in [-0.2, 0) is 16.6 Å². The van der Waals surface area contributed by atoms with Crippen molar-refractivity contribution in [2.24, 2.45) is 10.9 Å². The van der Waals surface area contributed by atoms with Crippen LogP contribution in [0.15, 0.2) is 34.2 Å². The maximum Gasteiger partial charge on any atom is 0.240 e. The molecule has 0 saturated heterocycles. The van der Waals surface area contributed by atoms with Crippen LogP contribution in [0.3, 0.4) is 0 Å². The van der Waals surface area contributed by atoms with Crippen LogP contribution in [-0.4, -0.2) is 35.0 Å². The van der Waals surface area contributed by atoms with Crippen molar-refractivity contribution < 1.29 is 8.42 Å². The summed E-state index contributed by atoms with van der Waals surface area (Å²) in [6, 6.07) is 6.92. The van der Waals surface area contributed by atoms with Crippen LogP contribution in [0.5, 0.6) is 0 Å². The molecular weight excluding hydrogens is 475 g/mol. The highest BCUT2D eigenvalue weighted by Gasteiger charge is 2.13. The first-order chi connectivity index (χ1) is 12.5. The molecule has 1 aromatic rings. The van der Waals surface area contributed by atoms with Crippen LogP contribution in [0.1, 0.15) is 50.5 Å². The Balaban J connectivity index is 0.00000364. The number of sulfonamides is 1. The van der Waals surface area contributed by atoms with E-state index in [1.54, 1.807) is 25.2 Å². The molecule has 0 unspecified atom stereocenters. The molecule has 0 radical (unpaired) electrons. The van der Waals surface area contributed by atoms with Gasteiger partial charge in [-0.1, -0.05) is 44.2 Å². The van der Waals surface area contributed by atoms with Crippen molar-refractivity contribution in [3.63, 3.8) is 0 Å². The summed E-state index contributed by atoms with van der Waals surface area (Å²) in [5, 5.41) is 6.59. The number of hydrogen-bond donors (Lipinski definition) is 3. The van der Waals surface area contributed by atoms with E-state index in [1.807, 2.05) is 6.07 Å². The summed E-state index contributed by atoms with van der Waals surface area (Å²) in [4.78, 5) is 4.51. The summed E-state index contributed by atoms with van der Waals surface area (Å²) < 4.78 is 26.1. The lowest BCUT2D eigenvalue weighted by Gasteiger charge is -2.21. The fraction of sp³-hybridized carbons (Fsp3) is 0.632. The van der Waals surface area contributed by atoms with Crippen molar-refractivity contribution in [3.05, 3.63) is 29.8 Å². The lowest BCUT2D eigenvalue weighted by Crippen LogP contribution is -2.37. The Morgan fingerprint density at radius 3 is 2.59 bits per heavy atom. The van der Waals surface area contributed by atoms with E-state index in [0.717, 1.165) is 30.4 Å². The molecule has 1 saturated carbocycles. The van der Waals surface area contributed by atoms with Crippen molar-refractivity contribution in [2.45, 2.75) is 56.4 Å². The third kappa shape index (κ3) is 8.35. The highest BCUT2D eigenvalue weighted by Crippen LogP contribution is 2.26. The normalized spacial score (nSPS) is 15.9. The van der Waals surface area contributed by atoms with Gasteiger partial charge in [-0.2, -0.15) is 0 Å². The second-order valence-corrected chi connectivity index (χ2v) is 8.74. The van der Waals surface area contributed by atoms with E-state index in [2.05, 4.69) is 20.3 Å². The first kappa shape index (κ1) is 24.2. The lowest BCUT2D eigenvalue weighted by atomic mass is 9.86. The summed E-state index contributed by atoms with van der Waals surface area (Å²) in [7, 11) is -0.252. The Labute approximate surface area is 181 Å². The van der Waals surface area contributed by atoms with Crippen LogP contribution in [0.25, 0.3) is 0 Å². The quantitative estimate of drug-likeness (QED) is 0.218. The highest BCUT2D eigenvalue weighted by molar-refractivity contribution is 14.0. The second kappa shape index (κ2) is 12.6. The molecule has 3 N–H and O–H groups in total. The van der Waals surface area contributed by atoms with Gasteiger partial charge in [0.05, 0.1) is 4.90 Å². The van der Waals surface area contributed by atoms with Crippen molar-refractivity contribution in [3.8, 4) is 0 Å². The fourth-order valence-electron chi connectivity index (χ4n) is 3.42. The summed E-state index contributed by atoms with van der Waals surface area (Å²) >= 11 is 0. The number of hydrogen-bond acceptors (Lipinski definition) is 3. The number of guanidine groups is 1. The van der Waals surface area contributed by atoms with Crippen LogP contribution < -0.4 is 15.4 Å². The van der Waals surface area contributed by atoms with E-state index >= 15 is 0 Å². The summed E-state index contributed by atoms with van der Waals surface area (Å²) in [6.45, 7) is 1.43. The van der Waals surface area contributed by atoms with Crippen molar-refractivity contribution in [1.82, 2.24) is 15.4 Å². The molecule has 0 spiro atoms. The van der Waals surface area contributed by atoms with E-state index in [1.165, 1.54) is 45.6 Å². The van der Waals surface area contributed by atoms with Gasteiger partial charge in [0.15, 0.2) is 5.96 Å². The minimum atomic E-state index is -3.42. The Morgan fingerprint density at radius 1 is 1.19 bits per heavy atom. The van der Waals surface area contributed by atoms with Gasteiger partial charge < -0.3 is 10.6 Å². The molecule has 1 aromatic carbocycles.